The molecule has 0 spiro atoms. The summed E-state index contributed by atoms with van der Waals surface area (Å²) < 4.78 is 5.36. The largest absolute Gasteiger partial charge is 0.409 e. The molecule has 1 aliphatic rings. The first-order valence-electron chi connectivity index (χ1n) is 7.05. The Kier molecular flexibility index (Phi) is 7.25. The van der Waals surface area contributed by atoms with Gasteiger partial charge in [-0.25, -0.2) is 0 Å². The molecule has 0 bridgehead atoms. The Morgan fingerprint density at radius 2 is 2.16 bits per heavy atom. The number of carbonyl (C=O) groups is 1. The fourth-order valence-corrected chi connectivity index (χ4v) is 2.16. The minimum Gasteiger partial charge on any atom is -0.409 e. The van der Waals surface area contributed by atoms with Crippen molar-refractivity contribution in [2.24, 2.45) is 10.9 Å². The van der Waals surface area contributed by atoms with Crippen LogP contribution in [0.25, 0.3) is 0 Å². The van der Waals surface area contributed by atoms with Crippen molar-refractivity contribution in [3.05, 3.63) is 0 Å². The molecule has 1 unspecified atom stereocenters. The third kappa shape index (κ3) is 5.46. The first-order chi connectivity index (χ1) is 9.19. The van der Waals surface area contributed by atoms with Gasteiger partial charge in [-0.05, 0) is 6.42 Å². The maximum atomic E-state index is 12.0. The number of rotatable bonds is 7. The van der Waals surface area contributed by atoms with Crippen molar-refractivity contribution in [2.45, 2.75) is 51.6 Å². The topological polar surface area (TPSA) is 88.2 Å². The predicted octanol–water partition coefficient (Wildman–Crippen LogP) is 1.32. The van der Waals surface area contributed by atoms with Crippen molar-refractivity contribution in [1.82, 2.24) is 4.90 Å². The van der Waals surface area contributed by atoms with Gasteiger partial charge in [-0.1, -0.05) is 37.8 Å². The summed E-state index contributed by atoms with van der Waals surface area (Å²) in [4.78, 5) is 13.8. The molecular formula is C13H25N3O3. The molecule has 0 aromatic heterocycles. The monoisotopic (exact) mass is 271 g/mol. The minimum absolute atomic E-state index is 0.0282. The molecule has 0 saturated carbocycles. The number of unbranched alkanes of at least 4 members (excludes halogenated alkanes) is 4. The zero-order valence-electron chi connectivity index (χ0n) is 11.7. The molecule has 0 radical (unpaired) electrons. The SMILES string of the molecule is CCCCCCCC(=O)N1CCOC(C(N)=NO)C1. The van der Waals surface area contributed by atoms with Gasteiger partial charge < -0.3 is 20.6 Å². The smallest absolute Gasteiger partial charge is 0.222 e. The molecule has 3 N–H and O–H groups in total. The number of ether oxygens (including phenoxy) is 1. The van der Waals surface area contributed by atoms with Gasteiger partial charge in [-0.15, -0.1) is 0 Å². The van der Waals surface area contributed by atoms with Crippen LogP contribution >= 0.6 is 0 Å². The fraction of sp³-hybridized carbons (Fsp3) is 0.846. The number of amidine groups is 1. The van der Waals surface area contributed by atoms with Crippen LogP contribution in [-0.4, -0.2) is 47.7 Å². The molecule has 1 saturated heterocycles. The summed E-state index contributed by atoms with van der Waals surface area (Å²) in [6.45, 7) is 3.57. The molecule has 1 heterocycles. The molecule has 1 fully saturated rings. The van der Waals surface area contributed by atoms with Crippen LogP contribution in [0.3, 0.4) is 0 Å². The summed E-state index contributed by atoms with van der Waals surface area (Å²) in [6.07, 6.45) is 5.77. The Morgan fingerprint density at radius 3 is 2.84 bits per heavy atom. The predicted molar refractivity (Wildman–Crippen MR) is 73.1 cm³/mol. The molecule has 1 rings (SSSR count). The van der Waals surface area contributed by atoms with Crippen LogP contribution < -0.4 is 5.73 Å². The molecule has 0 aromatic rings. The molecule has 1 aliphatic heterocycles. The second-order valence-corrected chi connectivity index (χ2v) is 4.89. The van der Waals surface area contributed by atoms with E-state index < -0.39 is 6.10 Å². The molecule has 6 nitrogen and oxygen atoms in total. The zero-order valence-corrected chi connectivity index (χ0v) is 11.7. The van der Waals surface area contributed by atoms with E-state index in [4.69, 9.17) is 15.7 Å². The van der Waals surface area contributed by atoms with Gasteiger partial charge in [0.2, 0.25) is 5.91 Å². The van der Waals surface area contributed by atoms with E-state index in [2.05, 4.69) is 12.1 Å². The van der Waals surface area contributed by atoms with Gasteiger partial charge in [-0.2, -0.15) is 0 Å². The van der Waals surface area contributed by atoms with E-state index in [0.29, 0.717) is 26.1 Å². The summed E-state index contributed by atoms with van der Waals surface area (Å²) in [5.74, 6) is 0.163. The summed E-state index contributed by atoms with van der Waals surface area (Å²) in [5.41, 5.74) is 5.50. The minimum atomic E-state index is -0.484. The summed E-state index contributed by atoms with van der Waals surface area (Å²) in [7, 11) is 0. The van der Waals surface area contributed by atoms with E-state index in [1.54, 1.807) is 4.90 Å². The van der Waals surface area contributed by atoms with Crippen LogP contribution in [0.15, 0.2) is 5.16 Å². The first kappa shape index (κ1) is 15.8. The highest BCUT2D eigenvalue weighted by molar-refractivity contribution is 5.85. The molecule has 6 heteroatoms. The number of carbonyl (C=O) groups excluding carboxylic acids is 1. The van der Waals surface area contributed by atoms with Crippen LogP contribution in [0.4, 0.5) is 0 Å². The van der Waals surface area contributed by atoms with E-state index in [0.717, 1.165) is 12.8 Å². The van der Waals surface area contributed by atoms with Gasteiger partial charge in [0.1, 0.15) is 6.10 Å². The van der Waals surface area contributed by atoms with Gasteiger partial charge in [0.05, 0.1) is 13.2 Å². The van der Waals surface area contributed by atoms with Gasteiger partial charge in [0, 0.05) is 13.0 Å². The maximum absolute atomic E-state index is 12.0. The lowest BCUT2D eigenvalue weighted by molar-refractivity contribution is -0.136. The molecule has 0 aliphatic carbocycles. The zero-order chi connectivity index (χ0) is 14.1. The lowest BCUT2D eigenvalue weighted by atomic mass is 10.1. The van der Waals surface area contributed by atoms with E-state index in [1.165, 1.54) is 19.3 Å². The van der Waals surface area contributed by atoms with Crippen LogP contribution in [-0.2, 0) is 9.53 Å². The van der Waals surface area contributed by atoms with Crippen LogP contribution in [0.1, 0.15) is 45.4 Å². The molecule has 110 valence electrons. The quantitative estimate of drug-likeness (QED) is 0.240. The summed E-state index contributed by atoms with van der Waals surface area (Å²) in [5, 5.41) is 11.5. The summed E-state index contributed by atoms with van der Waals surface area (Å²) >= 11 is 0. The number of hydrogen-bond donors (Lipinski definition) is 2. The highest BCUT2D eigenvalue weighted by Gasteiger charge is 2.26. The third-order valence-corrected chi connectivity index (χ3v) is 3.36. The normalized spacial score (nSPS) is 20.6. The molecule has 1 atom stereocenters. The second-order valence-electron chi connectivity index (χ2n) is 4.89. The number of nitrogens with two attached hydrogens (primary N) is 1. The fourth-order valence-electron chi connectivity index (χ4n) is 2.16. The Bertz CT molecular complexity index is 308. The number of morpholine rings is 1. The average molecular weight is 271 g/mol. The molecule has 19 heavy (non-hydrogen) atoms. The van der Waals surface area contributed by atoms with Crippen molar-refractivity contribution in [2.75, 3.05) is 19.7 Å². The average Bonchev–Trinajstić information content (AvgIpc) is 2.46. The highest BCUT2D eigenvalue weighted by Crippen LogP contribution is 2.10. The van der Waals surface area contributed by atoms with Crippen LogP contribution in [0.2, 0.25) is 0 Å². The highest BCUT2D eigenvalue weighted by atomic mass is 16.5. The Morgan fingerprint density at radius 1 is 1.42 bits per heavy atom. The number of nitrogens with zero attached hydrogens (tertiary/aromatic N) is 2. The number of hydrogen-bond acceptors (Lipinski definition) is 4. The third-order valence-electron chi connectivity index (χ3n) is 3.36. The number of oxime groups is 1. The van der Waals surface area contributed by atoms with Crippen molar-refractivity contribution in [1.29, 1.82) is 0 Å². The molecule has 0 aromatic carbocycles. The lowest BCUT2D eigenvalue weighted by Gasteiger charge is -2.32. The van der Waals surface area contributed by atoms with E-state index in [9.17, 15) is 4.79 Å². The van der Waals surface area contributed by atoms with E-state index in [-0.39, 0.29) is 11.7 Å². The summed E-state index contributed by atoms with van der Waals surface area (Å²) in [6, 6.07) is 0. The van der Waals surface area contributed by atoms with Gasteiger partial charge in [0.25, 0.3) is 0 Å². The maximum Gasteiger partial charge on any atom is 0.222 e. The van der Waals surface area contributed by atoms with Crippen molar-refractivity contribution < 1.29 is 14.7 Å². The van der Waals surface area contributed by atoms with Gasteiger partial charge in [-0.3, -0.25) is 4.79 Å². The van der Waals surface area contributed by atoms with Crippen LogP contribution in [0, 0.1) is 0 Å². The Balaban J connectivity index is 2.28. The van der Waals surface area contributed by atoms with Crippen LogP contribution in [0.5, 0.6) is 0 Å². The van der Waals surface area contributed by atoms with Gasteiger partial charge >= 0.3 is 0 Å². The standard InChI is InChI=1S/C13H25N3O3/c1-2-3-4-5-6-7-12(17)16-8-9-19-11(10-16)13(14)15-18/h11,18H,2-10H2,1H3,(H2,14,15). The van der Waals surface area contributed by atoms with Crippen molar-refractivity contribution in [3.63, 3.8) is 0 Å². The molecular weight excluding hydrogens is 246 g/mol. The van der Waals surface area contributed by atoms with E-state index in [1.807, 2.05) is 0 Å². The second kappa shape index (κ2) is 8.74. The molecule has 1 amide bonds. The Labute approximate surface area is 114 Å². The van der Waals surface area contributed by atoms with Crippen molar-refractivity contribution >= 4 is 11.7 Å². The van der Waals surface area contributed by atoms with Gasteiger partial charge in [0.15, 0.2) is 5.84 Å². The van der Waals surface area contributed by atoms with E-state index >= 15 is 0 Å². The lowest BCUT2D eigenvalue weighted by Crippen LogP contribution is -2.50. The Hall–Kier alpha value is -1.30. The first-order valence-corrected chi connectivity index (χ1v) is 7.05. The number of amides is 1. The van der Waals surface area contributed by atoms with Crippen molar-refractivity contribution in [3.8, 4) is 0 Å².